The van der Waals surface area contributed by atoms with Gasteiger partial charge in [0, 0.05) is 23.5 Å². The Morgan fingerprint density at radius 1 is 1.06 bits per heavy atom. The molecule has 16 heavy (non-hydrogen) atoms. The van der Waals surface area contributed by atoms with Crippen LogP contribution in [0.15, 0.2) is 49.1 Å². The number of aromatic nitrogens is 2. The SMILES string of the molecule is [CH2]/C=C(\F)c1ccc(-c2cncnc2)cc1. The minimum Gasteiger partial charge on any atom is -0.244 e. The second kappa shape index (κ2) is 4.66. The molecule has 0 aliphatic carbocycles. The fourth-order valence-electron chi connectivity index (χ4n) is 1.39. The number of hydrogen-bond donors (Lipinski definition) is 0. The van der Waals surface area contributed by atoms with Crippen LogP contribution in [0.25, 0.3) is 17.0 Å². The van der Waals surface area contributed by atoms with E-state index >= 15 is 0 Å². The van der Waals surface area contributed by atoms with Crippen LogP contribution in [-0.4, -0.2) is 9.97 Å². The highest BCUT2D eigenvalue weighted by Gasteiger charge is 2.00. The summed E-state index contributed by atoms with van der Waals surface area (Å²) in [5, 5.41) is 0. The first kappa shape index (κ1) is 10.5. The van der Waals surface area contributed by atoms with E-state index in [-0.39, 0.29) is 5.83 Å². The monoisotopic (exact) mass is 213 g/mol. The summed E-state index contributed by atoms with van der Waals surface area (Å²) in [7, 11) is 0. The highest BCUT2D eigenvalue weighted by Crippen LogP contribution is 2.21. The molecule has 0 saturated carbocycles. The Kier molecular flexibility index (Phi) is 3.05. The van der Waals surface area contributed by atoms with Crippen LogP contribution in [0.1, 0.15) is 5.56 Å². The summed E-state index contributed by atoms with van der Waals surface area (Å²) in [6.45, 7) is 3.39. The van der Waals surface area contributed by atoms with Crippen molar-refractivity contribution in [2.45, 2.75) is 0 Å². The lowest BCUT2D eigenvalue weighted by Crippen LogP contribution is -1.83. The van der Waals surface area contributed by atoms with Crippen molar-refractivity contribution >= 4 is 5.83 Å². The van der Waals surface area contributed by atoms with Crippen molar-refractivity contribution in [2.24, 2.45) is 0 Å². The molecule has 0 unspecified atom stereocenters. The molecule has 0 aliphatic rings. The maximum atomic E-state index is 13.2. The Hall–Kier alpha value is -2.03. The summed E-state index contributed by atoms with van der Waals surface area (Å²) in [4.78, 5) is 7.86. The number of halogens is 1. The van der Waals surface area contributed by atoms with Gasteiger partial charge in [-0.1, -0.05) is 24.3 Å². The van der Waals surface area contributed by atoms with Crippen LogP contribution in [0.2, 0.25) is 0 Å². The highest BCUT2D eigenvalue weighted by atomic mass is 19.1. The fourth-order valence-corrected chi connectivity index (χ4v) is 1.39. The molecule has 0 amide bonds. The summed E-state index contributed by atoms with van der Waals surface area (Å²) in [5.41, 5.74) is 2.39. The van der Waals surface area contributed by atoms with Gasteiger partial charge >= 0.3 is 0 Å². The third-order valence-corrected chi connectivity index (χ3v) is 2.23. The van der Waals surface area contributed by atoms with E-state index in [1.807, 2.05) is 12.1 Å². The van der Waals surface area contributed by atoms with Gasteiger partial charge in [0.1, 0.15) is 12.2 Å². The van der Waals surface area contributed by atoms with Crippen LogP contribution in [-0.2, 0) is 0 Å². The molecule has 1 heterocycles. The first-order chi connectivity index (χ1) is 7.81. The van der Waals surface area contributed by atoms with E-state index in [0.717, 1.165) is 11.1 Å². The molecule has 0 spiro atoms. The van der Waals surface area contributed by atoms with E-state index in [1.54, 1.807) is 24.5 Å². The topological polar surface area (TPSA) is 25.8 Å². The van der Waals surface area contributed by atoms with E-state index < -0.39 is 0 Å². The first-order valence-electron chi connectivity index (χ1n) is 4.82. The van der Waals surface area contributed by atoms with Crippen LogP contribution in [0.5, 0.6) is 0 Å². The van der Waals surface area contributed by atoms with E-state index in [0.29, 0.717) is 5.56 Å². The van der Waals surface area contributed by atoms with Gasteiger partial charge in [0.25, 0.3) is 0 Å². The molecule has 2 rings (SSSR count). The average Bonchev–Trinajstić information content (AvgIpc) is 2.39. The summed E-state index contributed by atoms with van der Waals surface area (Å²) in [5.74, 6) is -0.323. The fraction of sp³-hybridized carbons (Fsp3) is 0. The van der Waals surface area contributed by atoms with Crippen LogP contribution in [0.3, 0.4) is 0 Å². The Morgan fingerprint density at radius 2 is 1.69 bits per heavy atom. The number of allylic oxidation sites excluding steroid dienone is 1. The molecule has 0 atom stereocenters. The van der Waals surface area contributed by atoms with Gasteiger partial charge in [-0.2, -0.15) is 0 Å². The zero-order chi connectivity index (χ0) is 11.4. The number of nitrogens with zero attached hydrogens (tertiary/aromatic N) is 2. The van der Waals surface area contributed by atoms with E-state index in [1.165, 1.54) is 12.4 Å². The van der Waals surface area contributed by atoms with Gasteiger partial charge < -0.3 is 0 Å². The van der Waals surface area contributed by atoms with Crippen molar-refractivity contribution in [1.29, 1.82) is 0 Å². The van der Waals surface area contributed by atoms with E-state index in [4.69, 9.17) is 0 Å². The van der Waals surface area contributed by atoms with Crippen LogP contribution in [0, 0.1) is 6.92 Å². The Morgan fingerprint density at radius 3 is 2.25 bits per heavy atom. The largest absolute Gasteiger partial charge is 0.244 e. The summed E-state index contributed by atoms with van der Waals surface area (Å²) >= 11 is 0. The number of hydrogen-bond acceptors (Lipinski definition) is 2. The normalized spacial score (nSPS) is 11.5. The number of rotatable bonds is 2. The van der Waals surface area contributed by atoms with Crippen molar-refractivity contribution in [3.8, 4) is 11.1 Å². The molecule has 2 aromatic rings. The zero-order valence-corrected chi connectivity index (χ0v) is 8.60. The first-order valence-corrected chi connectivity index (χ1v) is 4.82. The molecule has 0 bridgehead atoms. The lowest BCUT2D eigenvalue weighted by atomic mass is 10.1. The quantitative estimate of drug-likeness (QED) is 0.765. The molecule has 2 nitrogen and oxygen atoms in total. The minimum atomic E-state index is -0.323. The zero-order valence-electron chi connectivity index (χ0n) is 8.60. The van der Waals surface area contributed by atoms with Gasteiger partial charge in [0.05, 0.1) is 0 Å². The van der Waals surface area contributed by atoms with Crippen LogP contribution in [0.4, 0.5) is 4.39 Å². The third-order valence-electron chi connectivity index (χ3n) is 2.23. The van der Waals surface area contributed by atoms with Crippen molar-refractivity contribution in [2.75, 3.05) is 0 Å². The average molecular weight is 213 g/mol. The van der Waals surface area contributed by atoms with Gasteiger partial charge in [-0.3, -0.25) is 0 Å². The van der Waals surface area contributed by atoms with Crippen molar-refractivity contribution in [3.63, 3.8) is 0 Å². The Labute approximate surface area is 93.5 Å². The van der Waals surface area contributed by atoms with Crippen molar-refractivity contribution in [1.82, 2.24) is 9.97 Å². The van der Waals surface area contributed by atoms with Gasteiger partial charge in [-0.05, 0) is 18.6 Å². The summed E-state index contributed by atoms with van der Waals surface area (Å²) < 4.78 is 13.2. The predicted octanol–water partition coefficient (Wildman–Crippen LogP) is 3.29. The molecule has 79 valence electrons. The second-order valence-electron chi connectivity index (χ2n) is 3.26. The molecular weight excluding hydrogens is 203 g/mol. The van der Waals surface area contributed by atoms with Gasteiger partial charge in [0.2, 0.25) is 0 Å². The van der Waals surface area contributed by atoms with Gasteiger partial charge in [-0.25, -0.2) is 14.4 Å². The maximum absolute atomic E-state index is 13.2. The second-order valence-corrected chi connectivity index (χ2v) is 3.26. The Bertz CT molecular complexity index is 489. The van der Waals surface area contributed by atoms with Crippen LogP contribution >= 0.6 is 0 Å². The molecule has 3 heteroatoms. The smallest absolute Gasteiger partial charge is 0.126 e. The summed E-state index contributed by atoms with van der Waals surface area (Å²) in [6, 6.07) is 7.08. The lowest BCUT2D eigenvalue weighted by Gasteiger charge is -2.01. The molecule has 0 aliphatic heterocycles. The van der Waals surface area contributed by atoms with E-state index in [2.05, 4.69) is 16.9 Å². The minimum absolute atomic E-state index is 0.323. The predicted molar refractivity (Wildman–Crippen MR) is 61.9 cm³/mol. The Balaban J connectivity index is 2.34. The maximum Gasteiger partial charge on any atom is 0.126 e. The number of benzene rings is 1. The highest BCUT2D eigenvalue weighted by molar-refractivity contribution is 5.66. The van der Waals surface area contributed by atoms with E-state index in [9.17, 15) is 4.39 Å². The van der Waals surface area contributed by atoms with Crippen molar-refractivity contribution in [3.05, 3.63) is 61.5 Å². The molecule has 1 aromatic carbocycles. The third kappa shape index (κ3) is 2.14. The molecule has 1 radical (unpaired) electrons. The van der Waals surface area contributed by atoms with Gasteiger partial charge in [0.15, 0.2) is 0 Å². The van der Waals surface area contributed by atoms with Crippen LogP contribution < -0.4 is 0 Å². The van der Waals surface area contributed by atoms with Gasteiger partial charge in [-0.15, -0.1) is 0 Å². The van der Waals surface area contributed by atoms with Crippen molar-refractivity contribution < 1.29 is 4.39 Å². The molecule has 1 aromatic heterocycles. The molecule has 0 fully saturated rings. The molecule has 0 N–H and O–H groups in total. The summed E-state index contributed by atoms with van der Waals surface area (Å²) in [6.07, 6.45) is 6.11. The standard InChI is InChI=1S/C13H10FN2/c1-2-13(14)11-5-3-10(4-6-11)12-7-15-9-16-8-12/h2-9H,1H2/b13-2-. The molecule has 0 saturated heterocycles. The lowest BCUT2D eigenvalue weighted by molar-refractivity contribution is 0.760. The molecular formula is C13H10FN2.